The monoisotopic (exact) mass is 382 g/mol. The number of guanidine groups is 1. The van der Waals surface area contributed by atoms with Crippen molar-refractivity contribution in [3.8, 4) is 0 Å². The van der Waals surface area contributed by atoms with Gasteiger partial charge in [-0.05, 0) is 25.5 Å². The fourth-order valence-corrected chi connectivity index (χ4v) is 4.06. The first kappa shape index (κ1) is 19.9. The summed E-state index contributed by atoms with van der Waals surface area (Å²) in [4.78, 5) is 19.1. The van der Waals surface area contributed by atoms with Gasteiger partial charge in [0.05, 0.1) is 17.1 Å². The molecule has 5 nitrogen and oxygen atoms in total. The van der Waals surface area contributed by atoms with Crippen molar-refractivity contribution >= 4 is 35.2 Å². The Morgan fingerprint density at radius 1 is 1.36 bits per heavy atom. The average molecular weight is 383 g/mol. The number of thioether (sulfide) groups is 1. The number of hydrogen-bond acceptors (Lipinski definition) is 3. The minimum absolute atomic E-state index is 0.161. The van der Waals surface area contributed by atoms with Crippen LogP contribution >= 0.6 is 23.4 Å². The first-order valence-electron chi connectivity index (χ1n) is 8.83. The molecule has 0 bridgehead atoms. The summed E-state index contributed by atoms with van der Waals surface area (Å²) in [5.74, 6) is 1.91. The second-order valence-electron chi connectivity index (χ2n) is 5.82. The van der Waals surface area contributed by atoms with Crippen LogP contribution in [0.25, 0.3) is 0 Å². The highest BCUT2D eigenvalue weighted by molar-refractivity contribution is 8.00. The number of halogens is 1. The maximum atomic E-state index is 12.1. The van der Waals surface area contributed by atoms with Crippen LogP contribution in [0.1, 0.15) is 30.6 Å². The molecule has 2 rings (SSSR count). The van der Waals surface area contributed by atoms with Crippen molar-refractivity contribution in [2.75, 3.05) is 38.5 Å². The summed E-state index contributed by atoms with van der Waals surface area (Å²) in [7, 11) is 0. The molecule has 1 aliphatic heterocycles. The molecule has 1 aliphatic rings. The third-order valence-corrected chi connectivity index (χ3v) is 5.71. The summed E-state index contributed by atoms with van der Waals surface area (Å²) in [6.07, 6.45) is 1.18. The summed E-state index contributed by atoms with van der Waals surface area (Å²) in [5.41, 5.74) is 0.499. The number of benzene rings is 1. The summed E-state index contributed by atoms with van der Waals surface area (Å²) < 4.78 is 0. The molecular weight excluding hydrogens is 356 g/mol. The van der Waals surface area contributed by atoms with Gasteiger partial charge in [-0.1, -0.05) is 30.7 Å². The van der Waals surface area contributed by atoms with E-state index in [-0.39, 0.29) is 5.91 Å². The van der Waals surface area contributed by atoms with Crippen LogP contribution in [-0.2, 0) is 0 Å². The van der Waals surface area contributed by atoms with E-state index in [1.165, 1.54) is 6.42 Å². The molecule has 1 atom stereocenters. The molecule has 0 spiro atoms. The van der Waals surface area contributed by atoms with Crippen LogP contribution in [0.4, 0.5) is 0 Å². The zero-order valence-electron chi connectivity index (χ0n) is 14.9. The van der Waals surface area contributed by atoms with Crippen LogP contribution in [0.3, 0.4) is 0 Å². The zero-order chi connectivity index (χ0) is 18.1. The Labute approximate surface area is 159 Å². The smallest absolute Gasteiger partial charge is 0.252 e. The van der Waals surface area contributed by atoms with Crippen LogP contribution in [0.15, 0.2) is 29.3 Å². The minimum atomic E-state index is -0.161. The van der Waals surface area contributed by atoms with Crippen molar-refractivity contribution in [1.29, 1.82) is 0 Å². The maximum Gasteiger partial charge on any atom is 0.252 e. The van der Waals surface area contributed by atoms with E-state index in [1.54, 1.807) is 18.2 Å². The van der Waals surface area contributed by atoms with E-state index in [1.807, 2.05) is 17.8 Å². The minimum Gasteiger partial charge on any atom is -0.357 e. The lowest BCUT2D eigenvalue weighted by molar-refractivity contribution is 0.0955. The van der Waals surface area contributed by atoms with Crippen molar-refractivity contribution in [3.63, 3.8) is 0 Å². The van der Waals surface area contributed by atoms with Crippen LogP contribution in [0.5, 0.6) is 0 Å². The number of hydrogen-bond donors (Lipinski definition) is 2. The molecule has 1 amide bonds. The van der Waals surface area contributed by atoms with E-state index >= 15 is 0 Å². The van der Waals surface area contributed by atoms with E-state index < -0.39 is 0 Å². The molecule has 25 heavy (non-hydrogen) atoms. The number of aliphatic imine (C=N–C) groups is 1. The molecule has 0 saturated carbocycles. The lowest BCUT2D eigenvalue weighted by atomic mass is 10.2. The van der Waals surface area contributed by atoms with Gasteiger partial charge in [-0.3, -0.25) is 9.79 Å². The molecule has 2 N–H and O–H groups in total. The molecule has 0 radical (unpaired) electrons. The highest BCUT2D eigenvalue weighted by Gasteiger charge is 2.21. The van der Waals surface area contributed by atoms with Gasteiger partial charge in [-0.2, -0.15) is 11.8 Å². The van der Waals surface area contributed by atoms with Crippen LogP contribution in [0, 0.1) is 0 Å². The summed E-state index contributed by atoms with van der Waals surface area (Å²) >= 11 is 8.09. The predicted molar refractivity (Wildman–Crippen MR) is 108 cm³/mol. The average Bonchev–Trinajstić information content (AvgIpc) is 2.64. The van der Waals surface area contributed by atoms with E-state index in [0.717, 1.165) is 31.3 Å². The molecule has 0 aliphatic carbocycles. The normalized spacial score (nSPS) is 18.1. The van der Waals surface area contributed by atoms with Gasteiger partial charge in [-0.25, -0.2) is 0 Å². The first-order chi connectivity index (χ1) is 12.2. The number of nitrogens with one attached hydrogen (secondary N) is 2. The van der Waals surface area contributed by atoms with E-state index in [4.69, 9.17) is 11.6 Å². The van der Waals surface area contributed by atoms with E-state index in [9.17, 15) is 4.79 Å². The molecule has 1 heterocycles. The Morgan fingerprint density at radius 3 is 2.88 bits per heavy atom. The highest BCUT2D eigenvalue weighted by atomic mass is 35.5. The molecular formula is C18H27ClN4OS. The maximum absolute atomic E-state index is 12.1. The van der Waals surface area contributed by atoms with E-state index in [2.05, 4.69) is 34.4 Å². The number of carbonyl (C=O) groups excluding carboxylic acids is 1. The Bertz CT molecular complexity index is 596. The largest absolute Gasteiger partial charge is 0.357 e. The summed E-state index contributed by atoms with van der Waals surface area (Å²) in [6.45, 7) is 8.21. The van der Waals surface area contributed by atoms with Crippen LogP contribution < -0.4 is 10.6 Å². The molecule has 138 valence electrons. The highest BCUT2D eigenvalue weighted by Crippen LogP contribution is 2.21. The van der Waals surface area contributed by atoms with Crippen molar-refractivity contribution < 1.29 is 4.79 Å². The van der Waals surface area contributed by atoms with Gasteiger partial charge in [0.15, 0.2) is 5.96 Å². The van der Waals surface area contributed by atoms with Gasteiger partial charge in [0, 0.05) is 37.2 Å². The standard InChI is InChI=1S/C18H27ClN4OS/c1-3-14-13-23(11-12-25-14)18(20-4-2)22-10-9-21-17(24)15-7-5-6-8-16(15)19/h5-8,14H,3-4,9-13H2,1-2H3,(H,20,22)(H,21,24). The summed E-state index contributed by atoms with van der Waals surface area (Å²) in [5, 5.41) is 7.37. The zero-order valence-corrected chi connectivity index (χ0v) is 16.5. The quantitative estimate of drug-likeness (QED) is 0.451. The fourth-order valence-electron chi connectivity index (χ4n) is 2.66. The Kier molecular flexibility index (Phi) is 8.41. The second kappa shape index (κ2) is 10.6. The molecule has 1 fully saturated rings. The van der Waals surface area contributed by atoms with E-state index in [0.29, 0.717) is 28.9 Å². The molecule has 1 unspecified atom stereocenters. The fraction of sp³-hybridized carbons (Fsp3) is 0.556. The van der Waals surface area contributed by atoms with Crippen molar-refractivity contribution in [2.24, 2.45) is 4.99 Å². The first-order valence-corrected chi connectivity index (χ1v) is 10.3. The summed E-state index contributed by atoms with van der Waals surface area (Å²) in [6, 6.07) is 7.06. The Morgan fingerprint density at radius 2 is 2.16 bits per heavy atom. The number of carbonyl (C=O) groups is 1. The molecule has 0 aromatic heterocycles. The molecule has 7 heteroatoms. The third kappa shape index (κ3) is 6.12. The van der Waals surface area contributed by atoms with Gasteiger partial charge in [0.1, 0.15) is 0 Å². The van der Waals surface area contributed by atoms with Gasteiger partial charge in [0.25, 0.3) is 5.91 Å². The third-order valence-electron chi connectivity index (χ3n) is 4.01. The van der Waals surface area contributed by atoms with Crippen molar-refractivity contribution in [2.45, 2.75) is 25.5 Å². The van der Waals surface area contributed by atoms with Gasteiger partial charge in [-0.15, -0.1) is 0 Å². The Balaban J connectivity index is 1.87. The van der Waals surface area contributed by atoms with Gasteiger partial charge < -0.3 is 15.5 Å². The molecule has 1 saturated heterocycles. The number of amides is 1. The van der Waals surface area contributed by atoms with Gasteiger partial charge in [0.2, 0.25) is 0 Å². The van der Waals surface area contributed by atoms with Crippen LogP contribution in [-0.4, -0.2) is 60.5 Å². The topological polar surface area (TPSA) is 56.7 Å². The Hall–Kier alpha value is -1.40. The lowest BCUT2D eigenvalue weighted by Crippen LogP contribution is -2.48. The predicted octanol–water partition coefficient (Wildman–Crippen LogP) is 2.86. The second-order valence-corrected chi connectivity index (χ2v) is 7.63. The lowest BCUT2D eigenvalue weighted by Gasteiger charge is -2.34. The van der Waals surface area contributed by atoms with Crippen molar-refractivity contribution in [3.05, 3.63) is 34.9 Å². The number of rotatable bonds is 6. The van der Waals surface area contributed by atoms with Crippen LogP contribution in [0.2, 0.25) is 5.02 Å². The van der Waals surface area contributed by atoms with Crippen molar-refractivity contribution in [1.82, 2.24) is 15.5 Å². The molecule has 1 aromatic rings. The molecule has 1 aromatic carbocycles. The van der Waals surface area contributed by atoms with Gasteiger partial charge >= 0.3 is 0 Å². The SMILES string of the molecule is CCNC(=NCCNC(=O)c1ccccc1Cl)N1CCSC(CC)C1. The number of nitrogens with zero attached hydrogens (tertiary/aromatic N) is 2.